The maximum atomic E-state index is 12.2. The molecule has 0 bridgehead atoms. The minimum atomic E-state index is -4.34. The summed E-state index contributed by atoms with van der Waals surface area (Å²) < 4.78 is 56.0. The van der Waals surface area contributed by atoms with Crippen molar-refractivity contribution in [2.45, 2.75) is 38.7 Å². The molecule has 0 N–H and O–H groups in total. The second kappa shape index (κ2) is 5.77. The molecule has 0 aliphatic carbocycles. The molecule has 0 aromatic carbocycles. The number of hydrogen-bond donors (Lipinski definition) is 0. The largest absolute Gasteiger partial charge is 0.508 e. The number of ether oxygens (including phenoxy) is 2. The highest BCUT2D eigenvalue weighted by Crippen LogP contribution is 2.23. The molecule has 1 atom stereocenters. The molecule has 0 aromatic rings. The first-order valence-electron chi connectivity index (χ1n) is 4.29. The average molecular weight is 232 g/mol. The quantitative estimate of drug-likeness (QED) is 0.540. The Bertz CT molecular complexity index is 208. The number of carbonyl (C=O) groups excluding carboxylic acids is 1. The summed E-state index contributed by atoms with van der Waals surface area (Å²) in [6, 6.07) is 0. The van der Waals surface area contributed by atoms with Gasteiger partial charge in [-0.2, -0.15) is 8.78 Å². The molecular formula is C8H12F4O3. The van der Waals surface area contributed by atoms with E-state index in [-0.39, 0.29) is 0 Å². The van der Waals surface area contributed by atoms with E-state index in [9.17, 15) is 22.4 Å². The van der Waals surface area contributed by atoms with E-state index in [1.165, 1.54) is 6.92 Å². The van der Waals surface area contributed by atoms with Gasteiger partial charge in [0, 0.05) is 0 Å². The third-order valence-electron chi connectivity index (χ3n) is 1.57. The fourth-order valence-corrected chi connectivity index (χ4v) is 0.500. The third kappa shape index (κ3) is 5.44. The molecule has 0 saturated carbocycles. The molecule has 0 heterocycles. The zero-order valence-electron chi connectivity index (χ0n) is 8.31. The molecule has 0 spiro atoms. The molecular weight excluding hydrogens is 220 g/mol. The van der Waals surface area contributed by atoms with Crippen molar-refractivity contribution in [3.8, 4) is 0 Å². The molecule has 90 valence electrons. The molecule has 0 radical (unpaired) electrons. The zero-order chi connectivity index (χ0) is 12.1. The Kier molecular flexibility index (Phi) is 5.38. The van der Waals surface area contributed by atoms with Gasteiger partial charge in [-0.05, 0) is 13.3 Å². The predicted molar refractivity (Wildman–Crippen MR) is 43.1 cm³/mol. The molecule has 0 aliphatic rings. The topological polar surface area (TPSA) is 35.5 Å². The van der Waals surface area contributed by atoms with Crippen LogP contribution in [0.15, 0.2) is 0 Å². The van der Waals surface area contributed by atoms with Crippen molar-refractivity contribution < 1.29 is 31.8 Å². The van der Waals surface area contributed by atoms with Crippen LogP contribution in [0, 0.1) is 0 Å². The van der Waals surface area contributed by atoms with Gasteiger partial charge in [0.1, 0.15) is 6.10 Å². The molecule has 0 saturated heterocycles. The van der Waals surface area contributed by atoms with Crippen LogP contribution in [0.4, 0.5) is 22.4 Å². The minimum Gasteiger partial charge on any atom is -0.431 e. The van der Waals surface area contributed by atoms with E-state index < -0.39 is 31.2 Å². The van der Waals surface area contributed by atoms with Gasteiger partial charge in [-0.1, -0.05) is 6.92 Å². The monoisotopic (exact) mass is 232 g/mol. The van der Waals surface area contributed by atoms with Crippen molar-refractivity contribution in [2.75, 3.05) is 6.61 Å². The van der Waals surface area contributed by atoms with E-state index in [1.54, 1.807) is 6.92 Å². The van der Waals surface area contributed by atoms with E-state index in [0.717, 1.165) is 0 Å². The lowest BCUT2D eigenvalue weighted by atomic mass is 10.3. The second-order valence-corrected chi connectivity index (χ2v) is 2.94. The van der Waals surface area contributed by atoms with Crippen LogP contribution in [-0.2, 0) is 9.47 Å². The van der Waals surface area contributed by atoms with Crippen LogP contribution in [-0.4, -0.2) is 31.2 Å². The molecule has 0 aliphatic heterocycles. The van der Waals surface area contributed by atoms with Crippen molar-refractivity contribution in [3.63, 3.8) is 0 Å². The highest BCUT2D eigenvalue weighted by molar-refractivity contribution is 5.60. The Morgan fingerprint density at radius 2 is 1.93 bits per heavy atom. The van der Waals surface area contributed by atoms with Crippen molar-refractivity contribution in [2.24, 2.45) is 0 Å². The maximum absolute atomic E-state index is 12.2. The lowest BCUT2D eigenvalue weighted by Crippen LogP contribution is -2.34. The van der Waals surface area contributed by atoms with E-state index >= 15 is 0 Å². The molecule has 0 unspecified atom stereocenters. The molecule has 0 aromatic heterocycles. The number of carbonyl (C=O) groups is 1. The van der Waals surface area contributed by atoms with Crippen LogP contribution in [0.2, 0.25) is 0 Å². The van der Waals surface area contributed by atoms with Crippen LogP contribution in [0.25, 0.3) is 0 Å². The van der Waals surface area contributed by atoms with Gasteiger partial charge in [-0.3, -0.25) is 0 Å². The van der Waals surface area contributed by atoms with E-state index in [0.29, 0.717) is 6.42 Å². The Hall–Kier alpha value is -1.01. The van der Waals surface area contributed by atoms with Crippen LogP contribution in [0.1, 0.15) is 20.3 Å². The van der Waals surface area contributed by atoms with E-state index in [4.69, 9.17) is 0 Å². The van der Waals surface area contributed by atoms with Crippen molar-refractivity contribution in [1.29, 1.82) is 0 Å². The van der Waals surface area contributed by atoms with Gasteiger partial charge in [-0.25, -0.2) is 13.6 Å². The van der Waals surface area contributed by atoms with Gasteiger partial charge in [0.25, 0.3) is 0 Å². The molecule has 7 heteroatoms. The first kappa shape index (κ1) is 14.0. The molecule has 15 heavy (non-hydrogen) atoms. The maximum Gasteiger partial charge on any atom is 0.508 e. The van der Waals surface area contributed by atoms with Crippen molar-refractivity contribution in [3.05, 3.63) is 0 Å². The van der Waals surface area contributed by atoms with Crippen LogP contribution < -0.4 is 0 Å². The smallest absolute Gasteiger partial charge is 0.431 e. The number of alkyl halides is 4. The standard InChI is InChI=1S/C8H12F4O3/c1-3-5(2)15-7(13)14-4-8(11,12)6(9)10/h5-6H,3-4H2,1-2H3/t5-/m0/s1. The zero-order valence-corrected chi connectivity index (χ0v) is 8.31. The first-order chi connectivity index (χ1) is 6.79. The predicted octanol–water partition coefficient (Wildman–Crippen LogP) is 2.84. The number of rotatable bonds is 5. The molecule has 0 fully saturated rings. The Morgan fingerprint density at radius 3 is 2.33 bits per heavy atom. The van der Waals surface area contributed by atoms with Gasteiger partial charge in [0.2, 0.25) is 0 Å². The summed E-state index contributed by atoms with van der Waals surface area (Å²) in [4.78, 5) is 10.7. The second-order valence-electron chi connectivity index (χ2n) is 2.94. The summed E-state index contributed by atoms with van der Waals surface area (Å²) in [5, 5.41) is 0. The lowest BCUT2D eigenvalue weighted by Gasteiger charge is -2.16. The molecule has 0 rings (SSSR count). The van der Waals surface area contributed by atoms with Gasteiger partial charge in [-0.15, -0.1) is 0 Å². The summed E-state index contributed by atoms with van der Waals surface area (Å²) in [7, 11) is 0. The highest BCUT2D eigenvalue weighted by atomic mass is 19.3. The minimum absolute atomic E-state index is 0.473. The Balaban J connectivity index is 3.90. The van der Waals surface area contributed by atoms with Crippen LogP contribution in [0.5, 0.6) is 0 Å². The number of halogens is 4. The van der Waals surface area contributed by atoms with Crippen molar-refractivity contribution in [1.82, 2.24) is 0 Å². The molecule has 3 nitrogen and oxygen atoms in total. The highest BCUT2D eigenvalue weighted by Gasteiger charge is 2.42. The van der Waals surface area contributed by atoms with Gasteiger partial charge >= 0.3 is 18.5 Å². The van der Waals surface area contributed by atoms with Gasteiger partial charge in [0.15, 0.2) is 6.61 Å². The van der Waals surface area contributed by atoms with E-state index in [2.05, 4.69) is 9.47 Å². The Labute approximate surface area is 84.3 Å². The van der Waals surface area contributed by atoms with E-state index in [1.807, 2.05) is 0 Å². The lowest BCUT2D eigenvalue weighted by molar-refractivity contribution is -0.159. The fraction of sp³-hybridized carbons (Fsp3) is 0.875. The van der Waals surface area contributed by atoms with Crippen molar-refractivity contribution >= 4 is 6.16 Å². The summed E-state index contributed by atoms with van der Waals surface area (Å²) in [6.45, 7) is 1.54. The number of hydrogen-bond acceptors (Lipinski definition) is 3. The van der Waals surface area contributed by atoms with Crippen LogP contribution >= 0.6 is 0 Å². The SMILES string of the molecule is CC[C@H](C)OC(=O)OCC(F)(F)C(F)F. The Morgan fingerprint density at radius 1 is 1.40 bits per heavy atom. The molecule has 0 amide bonds. The van der Waals surface area contributed by atoms with Gasteiger partial charge < -0.3 is 9.47 Å². The summed E-state index contributed by atoms with van der Waals surface area (Å²) in [5.41, 5.74) is 0. The summed E-state index contributed by atoms with van der Waals surface area (Å²) in [5.74, 6) is -4.34. The van der Waals surface area contributed by atoms with Crippen LogP contribution in [0.3, 0.4) is 0 Å². The average Bonchev–Trinajstić information content (AvgIpc) is 2.14. The summed E-state index contributed by atoms with van der Waals surface area (Å²) >= 11 is 0. The first-order valence-corrected chi connectivity index (χ1v) is 4.29. The fourth-order valence-electron chi connectivity index (χ4n) is 0.500. The summed E-state index contributed by atoms with van der Waals surface area (Å²) in [6.07, 6.45) is -5.27. The normalized spacial score (nSPS) is 13.8. The van der Waals surface area contributed by atoms with Gasteiger partial charge in [0.05, 0.1) is 0 Å². The third-order valence-corrected chi connectivity index (χ3v) is 1.57.